The predicted molar refractivity (Wildman–Crippen MR) is 81.4 cm³/mol. The Labute approximate surface area is 128 Å². The van der Waals surface area contributed by atoms with Crippen LogP contribution in [-0.4, -0.2) is 4.98 Å². The first-order valence-electron chi connectivity index (χ1n) is 5.02. The van der Waals surface area contributed by atoms with Crippen LogP contribution in [0.1, 0.15) is 5.69 Å². The fourth-order valence-corrected chi connectivity index (χ4v) is 2.18. The minimum atomic E-state index is 0.423. The third-order valence-electron chi connectivity index (χ3n) is 2.29. The van der Waals surface area contributed by atoms with Crippen molar-refractivity contribution in [3.05, 3.63) is 49.5 Å². The number of aryl methyl sites for hydroxylation is 1. The van der Waals surface area contributed by atoms with Crippen molar-refractivity contribution in [2.45, 2.75) is 6.92 Å². The van der Waals surface area contributed by atoms with Crippen molar-refractivity contribution >= 4 is 62.2 Å². The molecule has 0 unspecified atom stereocenters. The Hall–Kier alpha value is -0.480. The van der Waals surface area contributed by atoms with E-state index >= 15 is 0 Å². The number of nitrogens with zero attached hydrogens (tertiary/aromatic N) is 1. The van der Waals surface area contributed by atoms with Crippen molar-refractivity contribution in [2.75, 3.05) is 5.32 Å². The molecule has 18 heavy (non-hydrogen) atoms. The van der Waals surface area contributed by atoms with Crippen LogP contribution < -0.4 is 5.32 Å². The van der Waals surface area contributed by atoms with Crippen LogP contribution in [0.2, 0.25) is 15.1 Å². The predicted octanol–water partition coefficient (Wildman–Crippen LogP) is 5.86. The highest BCUT2D eigenvalue weighted by atomic mass is 79.9. The molecule has 0 fully saturated rings. The van der Waals surface area contributed by atoms with Crippen LogP contribution in [0.5, 0.6) is 0 Å². The molecule has 0 aliphatic carbocycles. The number of anilines is 2. The number of halogens is 4. The lowest BCUT2D eigenvalue weighted by Crippen LogP contribution is -1.96. The molecular weight excluding hydrogens is 358 g/mol. The van der Waals surface area contributed by atoms with E-state index in [1.807, 2.05) is 19.1 Å². The monoisotopic (exact) mass is 364 g/mol. The molecule has 0 atom stereocenters. The van der Waals surface area contributed by atoms with E-state index in [-0.39, 0.29) is 0 Å². The van der Waals surface area contributed by atoms with Gasteiger partial charge in [0.25, 0.3) is 0 Å². The quantitative estimate of drug-likeness (QED) is 0.674. The molecule has 0 saturated heterocycles. The Morgan fingerprint density at radius 1 is 1.06 bits per heavy atom. The lowest BCUT2D eigenvalue weighted by Gasteiger charge is -2.10. The van der Waals surface area contributed by atoms with Crippen molar-refractivity contribution in [1.29, 1.82) is 0 Å². The Morgan fingerprint density at radius 3 is 2.39 bits per heavy atom. The van der Waals surface area contributed by atoms with Crippen molar-refractivity contribution in [2.24, 2.45) is 0 Å². The number of benzene rings is 1. The largest absolute Gasteiger partial charge is 0.339 e. The number of nitrogens with one attached hydrogen (secondary N) is 1. The van der Waals surface area contributed by atoms with Crippen molar-refractivity contribution in [3.8, 4) is 0 Å². The molecule has 1 aromatic carbocycles. The zero-order valence-electron chi connectivity index (χ0n) is 9.27. The van der Waals surface area contributed by atoms with Gasteiger partial charge in [-0.25, -0.2) is 4.98 Å². The third kappa shape index (κ3) is 3.09. The Bertz CT molecular complexity index is 602. The molecule has 0 radical (unpaired) electrons. The van der Waals surface area contributed by atoms with Gasteiger partial charge in [0.15, 0.2) is 0 Å². The molecule has 0 spiro atoms. The van der Waals surface area contributed by atoms with Crippen molar-refractivity contribution < 1.29 is 0 Å². The molecule has 2 nitrogen and oxygen atoms in total. The minimum Gasteiger partial charge on any atom is -0.339 e. The van der Waals surface area contributed by atoms with Crippen LogP contribution >= 0.6 is 50.7 Å². The van der Waals surface area contributed by atoms with E-state index in [0.29, 0.717) is 26.6 Å². The fourth-order valence-electron chi connectivity index (χ4n) is 1.37. The summed E-state index contributed by atoms with van der Waals surface area (Å²) in [6.45, 7) is 1.91. The van der Waals surface area contributed by atoms with Gasteiger partial charge in [0.1, 0.15) is 5.82 Å². The fraction of sp³-hybridized carbons (Fsp3) is 0.0833. The maximum absolute atomic E-state index is 6.08. The minimum absolute atomic E-state index is 0.423. The zero-order chi connectivity index (χ0) is 13.3. The normalized spacial score (nSPS) is 10.5. The summed E-state index contributed by atoms with van der Waals surface area (Å²) in [6, 6.07) is 7.02. The molecular formula is C12H8BrCl3N2. The lowest BCUT2D eigenvalue weighted by atomic mass is 10.3. The van der Waals surface area contributed by atoms with Gasteiger partial charge in [0, 0.05) is 4.47 Å². The van der Waals surface area contributed by atoms with Gasteiger partial charge in [0.2, 0.25) is 0 Å². The molecule has 2 rings (SSSR count). The summed E-state index contributed by atoms with van der Waals surface area (Å²) in [7, 11) is 0. The van der Waals surface area contributed by atoms with Crippen molar-refractivity contribution in [3.63, 3.8) is 0 Å². The summed E-state index contributed by atoms with van der Waals surface area (Å²) < 4.78 is 0.952. The molecule has 94 valence electrons. The second-order valence-corrected chi connectivity index (χ2v) is 5.71. The van der Waals surface area contributed by atoms with E-state index in [1.165, 1.54) is 0 Å². The van der Waals surface area contributed by atoms with E-state index in [9.17, 15) is 0 Å². The summed E-state index contributed by atoms with van der Waals surface area (Å²) in [6.07, 6.45) is 0. The molecule has 1 heterocycles. The standard InChI is InChI=1S/C12H8BrCl3N2/c1-6-7(13)2-3-12(17-6)18-11-5-9(15)8(14)4-10(11)16/h2-5H,1H3,(H,17,18). The number of aromatic nitrogens is 1. The van der Waals surface area contributed by atoms with Gasteiger partial charge in [-0.3, -0.25) is 0 Å². The Morgan fingerprint density at radius 2 is 1.72 bits per heavy atom. The van der Waals surface area contributed by atoms with Crippen LogP contribution in [-0.2, 0) is 0 Å². The lowest BCUT2D eigenvalue weighted by molar-refractivity contribution is 1.18. The Kier molecular flexibility index (Phi) is 4.38. The van der Waals surface area contributed by atoms with Crippen LogP contribution in [0.15, 0.2) is 28.7 Å². The molecule has 2 aromatic rings. The van der Waals surface area contributed by atoms with E-state index < -0.39 is 0 Å². The first kappa shape index (κ1) is 13.9. The average Bonchev–Trinajstić information content (AvgIpc) is 2.31. The summed E-state index contributed by atoms with van der Waals surface area (Å²) in [4.78, 5) is 4.37. The molecule has 1 N–H and O–H groups in total. The van der Waals surface area contributed by atoms with Crippen LogP contribution in [0.25, 0.3) is 0 Å². The van der Waals surface area contributed by atoms with E-state index in [2.05, 4.69) is 26.2 Å². The molecule has 0 bridgehead atoms. The Balaban J connectivity index is 2.34. The number of hydrogen-bond acceptors (Lipinski definition) is 2. The van der Waals surface area contributed by atoms with Gasteiger partial charge in [-0.2, -0.15) is 0 Å². The highest BCUT2D eigenvalue weighted by molar-refractivity contribution is 9.10. The number of rotatable bonds is 2. The second-order valence-electron chi connectivity index (χ2n) is 3.63. The maximum Gasteiger partial charge on any atom is 0.130 e. The van der Waals surface area contributed by atoms with Crippen molar-refractivity contribution in [1.82, 2.24) is 4.98 Å². The third-order valence-corrected chi connectivity index (χ3v) is 4.17. The average molecular weight is 366 g/mol. The summed E-state index contributed by atoms with van der Waals surface area (Å²) in [5.74, 6) is 0.691. The maximum atomic E-state index is 6.08. The number of hydrogen-bond donors (Lipinski definition) is 1. The van der Waals surface area contributed by atoms with Gasteiger partial charge in [0.05, 0.1) is 26.4 Å². The van der Waals surface area contributed by atoms with E-state index in [4.69, 9.17) is 34.8 Å². The molecule has 0 saturated carbocycles. The SMILES string of the molecule is Cc1nc(Nc2cc(Cl)c(Cl)cc2Cl)ccc1Br. The molecule has 0 amide bonds. The summed E-state index contributed by atoms with van der Waals surface area (Å²) in [5, 5.41) is 4.46. The van der Waals surface area contributed by atoms with Gasteiger partial charge in [-0.15, -0.1) is 0 Å². The van der Waals surface area contributed by atoms with Crippen LogP contribution in [0.3, 0.4) is 0 Å². The highest BCUT2D eigenvalue weighted by Crippen LogP contribution is 2.33. The molecule has 6 heteroatoms. The first-order chi connectivity index (χ1) is 8.47. The molecule has 0 aliphatic rings. The topological polar surface area (TPSA) is 24.9 Å². The summed E-state index contributed by atoms with van der Waals surface area (Å²) in [5.41, 5.74) is 1.55. The zero-order valence-corrected chi connectivity index (χ0v) is 13.1. The highest BCUT2D eigenvalue weighted by Gasteiger charge is 2.07. The first-order valence-corrected chi connectivity index (χ1v) is 6.95. The smallest absolute Gasteiger partial charge is 0.130 e. The van der Waals surface area contributed by atoms with E-state index in [1.54, 1.807) is 12.1 Å². The van der Waals surface area contributed by atoms with Gasteiger partial charge in [-0.1, -0.05) is 34.8 Å². The van der Waals surface area contributed by atoms with Gasteiger partial charge >= 0.3 is 0 Å². The number of pyridine rings is 1. The van der Waals surface area contributed by atoms with Gasteiger partial charge < -0.3 is 5.32 Å². The second kappa shape index (κ2) is 5.66. The van der Waals surface area contributed by atoms with Gasteiger partial charge in [-0.05, 0) is 47.1 Å². The van der Waals surface area contributed by atoms with Crippen LogP contribution in [0.4, 0.5) is 11.5 Å². The molecule has 0 aliphatic heterocycles. The summed E-state index contributed by atoms with van der Waals surface area (Å²) >= 11 is 21.3. The molecule has 1 aromatic heterocycles. The van der Waals surface area contributed by atoms with E-state index in [0.717, 1.165) is 10.2 Å². The van der Waals surface area contributed by atoms with Crippen LogP contribution in [0, 0.1) is 6.92 Å².